The van der Waals surface area contributed by atoms with Gasteiger partial charge in [-0.25, -0.2) is 0 Å². The van der Waals surface area contributed by atoms with Crippen molar-refractivity contribution in [3.63, 3.8) is 0 Å². The maximum Gasteiger partial charge on any atom is 0.449 e. The Kier molecular flexibility index (Phi) is 1.84. The third kappa shape index (κ3) is 1.42. The van der Waals surface area contributed by atoms with E-state index in [9.17, 15) is 13.2 Å². The van der Waals surface area contributed by atoms with Gasteiger partial charge in [0.25, 0.3) is 0 Å². The van der Waals surface area contributed by atoms with Crippen molar-refractivity contribution < 1.29 is 17.6 Å². The standard InChI is InChI=1S/C7H4F3NO/c1-4-5(3-11)2-6(12-4)7(8,9)10/h2H,1H3. The average Bonchev–Trinajstić information content (AvgIpc) is 2.29. The molecule has 0 atom stereocenters. The zero-order chi connectivity index (χ0) is 9.35. The monoisotopic (exact) mass is 175 g/mol. The first-order valence-corrected chi connectivity index (χ1v) is 3.03. The molecule has 0 radical (unpaired) electrons. The molecule has 0 bridgehead atoms. The number of nitrogens with zero attached hydrogens (tertiary/aromatic N) is 1. The first kappa shape index (κ1) is 8.65. The van der Waals surface area contributed by atoms with Crippen LogP contribution in [0.4, 0.5) is 13.2 Å². The topological polar surface area (TPSA) is 36.9 Å². The minimum absolute atomic E-state index is 0.00942. The highest BCUT2D eigenvalue weighted by Gasteiger charge is 2.35. The molecule has 1 aromatic heterocycles. The van der Waals surface area contributed by atoms with Crippen molar-refractivity contribution in [1.82, 2.24) is 0 Å². The van der Waals surface area contributed by atoms with E-state index in [4.69, 9.17) is 5.26 Å². The van der Waals surface area contributed by atoms with Gasteiger partial charge in [-0.2, -0.15) is 18.4 Å². The van der Waals surface area contributed by atoms with Gasteiger partial charge in [-0.15, -0.1) is 0 Å². The van der Waals surface area contributed by atoms with Crippen LogP contribution in [-0.2, 0) is 6.18 Å². The Bertz CT molecular complexity index is 331. The molecule has 5 heteroatoms. The van der Waals surface area contributed by atoms with Crippen LogP contribution in [0.25, 0.3) is 0 Å². The lowest BCUT2D eigenvalue weighted by molar-refractivity contribution is -0.153. The molecule has 0 aliphatic rings. The van der Waals surface area contributed by atoms with E-state index in [0.717, 1.165) is 0 Å². The molecule has 0 N–H and O–H groups in total. The molecular weight excluding hydrogens is 171 g/mol. The van der Waals surface area contributed by atoms with Crippen molar-refractivity contribution in [3.8, 4) is 6.07 Å². The molecule has 0 aromatic carbocycles. The lowest BCUT2D eigenvalue weighted by Crippen LogP contribution is -2.02. The predicted molar refractivity (Wildman–Crippen MR) is 33.2 cm³/mol. The average molecular weight is 175 g/mol. The van der Waals surface area contributed by atoms with Crippen LogP contribution in [-0.4, -0.2) is 0 Å². The van der Waals surface area contributed by atoms with Gasteiger partial charge in [-0.3, -0.25) is 0 Å². The molecule has 0 fully saturated rings. The summed E-state index contributed by atoms with van der Waals surface area (Å²) in [5.41, 5.74) is -0.0812. The lowest BCUT2D eigenvalue weighted by atomic mass is 10.3. The Balaban J connectivity index is 3.16. The quantitative estimate of drug-likeness (QED) is 0.607. The fraction of sp³-hybridized carbons (Fsp3) is 0.286. The number of nitriles is 1. The number of alkyl halides is 3. The second kappa shape index (κ2) is 2.55. The Labute approximate surface area is 66.2 Å². The van der Waals surface area contributed by atoms with Crippen LogP contribution in [0, 0.1) is 18.3 Å². The van der Waals surface area contributed by atoms with Crippen LogP contribution >= 0.6 is 0 Å². The molecule has 0 saturated carbocycles. The number of halogens is 3. The number of rotatable bonds is 0. The molecule has 64 valence electrons. The summed E-state index contributed by atoms with van der Waals surface area (Å²) < 4.78 is 40.1. The van der Waals surface area contributed by atoms with E-state index in [0.29, 0.717) is 6.07 Å². The molecule has 0 unspecified atom stereocenters. The van der Waals surface area contributed by atoms with E-state index in [1.165, 1.54) is 6.92 Å². The zero-order valence-corrected chi connectivity index (χ0v) is 6.07. The van der Waals surface area contributed by atoms with Crippen molar-refractivity contribution in [3.05, 3.63) is 23.2 Å². The fourth-order valence-electron chi connectivity index (χ4n) is 0.733. The van der Waals surface area contributed by atoms with Crippen LogP contribution < -0.4 is 0 Å². The Morgan fingerprint density at radius 1 is 1.50 bits per heavy atom. The zero-order valence-electron chi connectivity index (χ0n) is 6.07. The summed E-state index contributed by atoms with van der Waals surface area (Å²) in [6.45, 7) is 1.31. The highest BCUT2D eigenvalue weighted by Crippen LogP contribution is 2.31. The van der Waals surface area contributed by atoms with Gasteiger partial charge in [0.2, 0.25) is 5.76 Å². The first-order chi connectivity index (χ1) is 5.45. The van der Waals surface area contributed by atoms with Gasteiger partial charge in [0.1, 0.15) is 11.8 Å². The van der Waals surface area contributed by atoms with Gasteiger partial charge in [0.15, 0.2) is 0 Å². The second-order valence-electron chi connectivity index (χ2n) is 2.19. The summed E-state index contributed by atoms with van der Waals surface area (Å²) in [5, 5.41) is 8.32. The molecule has 0 spiro atoms. The number of aryl methyl sites for hydroxylation is 1. The summed E-state index contributed by atoms with van der Waals surface area (Å²) in [6.07, 6.45) is -4.51. The molecular formula is C7H4F3NO. The lowest BCUT2D eigenvalue weighted by Gasteiger charge is -1.99. The predicted octanol–water partition coefficient (Wildman–Crippen LogP) is 2.48. The van der Waals surface area contributed by atoms with E-state index < -0.39 is 11.9 Å². The second-order valence-corrected chi connectivity index (χ2v) is 2.19. The molecule has 1 rings (SSSR count). The van der Waals surface area contributed by atoms with Gasteiger partial charge in [-0.1, -0.05) is 0 Å². The summed E-state index contributed by atoms with van der Waals surface area (Å²) in [4.78, 5) is 0. The van der Waals surface area contributed by atoms with Crippen molar-refractivity contribution in [2.45, 2.75) is 13.1 Å². The maximum atomic E-state index is 11.9. The van der Waals surface area contributed by atoms with Gasteiger partial charge in [-0.05, 0) is 6.92 Å². The minimum Gasteiger partial charge on any atom is -0.455 e. The van der Waals surface area contributed by atoms with Crippen molar-refractivity contribution in [1.29, 1.82) is 5.26 Å². The molecule has 12 heavy (non-hydrogen) atoms. The summed E-state index contributed by atoms with van der Waals surface area (Å²) in [6, 6.07) is 2.28. The van der Waals surface area contributed by atoms with Gasteiger partial charge >= 0.3 is 6.18 Å². The van der Waals surface area contributed by atoms with Crippen LogP contribution in [0.3, 0.4) is 0 Å². The van der Waals surface area contributed by atoms with Crippen molar-refractivity contribution >= 4 is 0 Å². The Morgan fingerprint density at radius 3 is 2.33 bits per heavy atom. The molecule has 0 saturated heterocycles. The first-order valence-electron chi connectivity index (χ1n) is 3.03. The van der Waals surface area contributed by atoms with Crippen LogP contribution in [0.5, 0.6) is 0 Å². The van der Waals surface area contributed by atoms with Crippen molar-refractivity contribution in [2.24, 2.45) is 0 Å². The Morgan fingerprint density at radius 2 is 2.08 bits per heavy atom. The summed E-state index contributed by atoms with van der Waals surface area (Å²) in [7, 11) is 0. The van der Waals surface area contributed by atoms with Gasteiger partial charge in [0.05, 0.1) is 5.56 Å². The fourth-order valence-corrected chi connectivity index (χ4v) is 0.733. The third-order valence-corrected chi connectivity index (χ3v) is 1.32. The Hall–Kier alpha value is -1.44. The van der Waals surface area contributed by atoms with E-state index in [1.807, 2.05) is 0 Å². The summed E-state index contributed by atoms with van der Waals surface area (Å²) in [5.74, 6) is -1.14. The van der Waals surface area contributed by atoms with Crippen molar-refractivity contribution in [2.75, 3.05) is 0 Å². The molecule has 1 heterocycles. The molecule has 0 aliphatic heterocycles. The van der Waals surface area contributed by atoms with E-state index in [1.54, 1.807) is 6.07 Å². The normalized spacial score (nSPS) is 11.2. The maximum absolute atomic E-state index is 11.9. The third-order valence-electron chi connectivity index (χ3n) is 1.32. The molecule has 1 aromatic rings. The van der Waals surface area contributed by atoms with Crippen LogP contribution in [0.15, 0.2) is 10.5 Å². The number of hydrogen-bond donors (Lipinski definition) is 0. The smallest absolute Gasteiger partial charge is 0.449 e. The van der Waals surface area contributed by atoms with E-state index in [-0.39, 0.29) is 11.3 Å². The van der Waals surface area contributed by atoms with Gasteiger partial charge in [0, 0.05) is 6.07 Å². The van der Waals surface area contributed by atoms with E-state index in [2.05, 4.69) is 4.42 Å². The minimum atomic E-state index is -4.51. The van der Waals surface area contributed by atoms with E-state index >= 15 is 0 Å². The number of furan rings is 1. The highest BCUT2D eigenvalue weighted by atomic mass is 19.4. The molecule has 0 amide bonds. The van der Waals surface area contributed by atoms with Gasteiger partial charge < -0.3 is 4.42 Å². The number of hydrogen-bond acceptors (Lipinski definition) is 2. The van der Waals surface area contributed by atoms with Crippen LogP contribution in [0.2, 0.25) is 0 Å². The largest absolute Gasteiger partial charge is 0.455 e. The molecule has 2 nitrogen and oxygen atoms in total. The molecule has 0 aliphatic carbocycles. The SMILES string of the molecule is Cc1oc(C(F)(F)F)cc1C#N. The highest BCUT2D eigenvalue weighted by molar-refractivity contribution is 5.33. The summed E-state index contributed by atoms with van der Waals surface area (Å²) >= 11 is 0. The van der Waals surface area contributed by atoms with Crippen LogP contribution in [0.1, 0.15) is 17.1 Å².